The van der Waals surface area contributed by atoms with Crippen LogP contribution in [-0.4, -0.2) is 9.57 Å². The number of hydrogen-bond acceptors (Lipinski definition) is 1. The highest BCUT2D eigenvalue weighted by molar-refractivity contribution is 9.10. The first-order valence-corrected chi connectivity index (χ1v) is 6.11. The molecule has 1 aliphatic carbocycles. The second-order valence-electron chi connectivity index (χ2n) is 3.65. The topological polar surface area (TPSA) is 17.1 Å². The number of rotatable bonds is 2. The quantitative estimate of drug-likeness (QED) is 0.459. The molecule has 0 N–H and O–H groups in total. The molecule has 82 valence electrons. The van der Waals surface area contributed by atoms with Gasteiger partial charge in [-0.1, -0.05) is 82.2 Å². The first kappa shape index (κ1) is 11.6. The van der Waals surface area contributed by atoms with Crippen LogP contribution in [0, 0.1) is 5.92 Å². The molecule has 0 atom stereocenters. The lowest BCUT2D eigenvalue weighted by molar-refractivity contribution is 0.0964. The van der Waals surface area contributed by atoms with Crippen molar-refractivity contribution in [1.29, 1.82) is 0 Å². The fraction of sp³-hybridized carbons (Fsp3) is 0.154. The van der Waals surface area contributed by atoms with Crippen molar-refractivity contribution in [2.45, 2.75) is 3.78 Å². The SMILES string of the molecule is O=C(c1ccccc1)C1C=CC(Cl)(Br)C=C1. The molecule has 0 heterocycles. The Kier molecular flexibility index (Phi) is 3.31. The van der Waals surface area contributed by atoms with Gasteiger partial charge in [0.1, 0.15) is 3.78 Å². The second-order valence-corrected chi connectivity index (χ2v) is 6.04. The standard InChI is InChI=1S/C13H10BrClO/c14-13(15)8-6-11(7-9-13)12(16)10-4-2-1-3-5-10/h1-9,11H. The van der Waals surface area contributed by atoms with Crippen LogP contribution in [0.2, 0.25) is 0 Å². The maximum atomic E-state index is 12.0. The molecule has 0 radical (unpaired) electrons. The first-order chi connectivity index (χ1) is 7.58. The van der Waals surface area contributed by atoms with Gasteiger partial charge in [-0.3, -0.25) is 4.79 Å². The molecule has 1 aromatic rings. The van der Waals surface area contributed by atoms with Crippen LogP contribution >= 0.6 is 27.5 Å². The zero-order chi connectivity index (χ0) is 11.6. The normalized spacial score (nSPS) is 28.0. The van der Waals surface area contributed by atoms with E-state index in [1.807, 2.05) is 42.5 Å². The maximum absolute atomic E-state index is 12.0. The number of hydrogen-bond donors (Lipinski definition) is 0. The van der Waals surface area contributed by atoms with Gasteiger partial charge < -0.3 is 0 Å². The summed E-state index contributed by atoms with van der Waals surface area (Å²) >= 11 is 9.33. The van der Waals surface area contributed by atoms with E-state index in [0.717, 1.165) is 5.56 Å². The molecule has 0 saturated heterocycles. The molecule has 2 rings (SSSR count). The summed E-state index contributed by atoms with van der Waals surface area (Å²) in [6.45, 7) is 0. The van der Waals surface area contributed by atoms with Crippen molar-refractivity contribution in [2.24, 2.45) is 5.92 Å². The highest BCUT2D eigenvalue weighted by Gasteiger charge is 2.23. The van der Waals surface area contributed by atoms with Crippen molar-refractivity contribution >= 4 is 33.3 Å². The van der Waals surface area contributed by atoms with Crippen LogP contribution in [-0.2, 0) is 0 Å². The molecule has 0 spiro atoms. The van der Waals surface area contributed by atoms with E-state index in [1.165, 1.54) is 0 Å². The van der Waals surface area contributed by atoms with Gasteiger partial charge in [-0.15, -0.1) is 0 Å². The summed E-state index contributed by atoms with van der Waals surface area (Å²) in [5.41, 5.74) is 0.721. The summed E-state index contributed by atoms with van der Waals surface area (Å²) in [5.74, 6) is -0.125. The molecule has 0 bridgehead atoms. The van der Waals surface area contributed by atoms with Crippen LogP contribution in [0.25, 0.3) is 0 Å². The van der Waals surface area contributed by atoms with Crippen LogP contribution in [0.4, 0.5) is 0 Å². The van der Waals surface area contributed by atoms with Gasteiger partial charge in [0.05, 0.1) is 5.92 Å². The molecule has 3 heteroatoms. The molecular formula is C13H10BrClO. The van der Waals surface area contributed by atoms with E-state index in [0.29, 0.717) is 0 Å². The van der Waals surface area contributed by atoms with Gasteiger partial charge in [0, 0.05) is 5.56 Å². The fourth-order valence-corrected chi connectivity index (χ4v) is 2.00. The Morgan fingerprint density at radius 3 is 2.31 bits per heavy atom. The van der Waals surface area contributed by atoms with E-state index in [9.17, 15) is 4.79 Å². The lowest BCUT2D eigenvalue weighted by Crippen LogP contribution is -2.16. The van der Waals surface area contributed by atoms with Crippen molar-refractivity contribution in [3.63, 3.8) is 0 Å². The van der Waals surface area contributed by atoms with Gasteiger partial charge in [-0.2, -0.15) is 0 Å². The third kappa shape index (κ3) is 2.63. The third-order valence-corrected chi connectivity index (χ3v) is 3.19. The predicted molar refractivity (Wildman–Crippen MR) is 70.1 cm³/mol. The van der Waals surface area contributed by atoms with Gasteiger partial charge in [0.15, 0.2) is 5.78 Å². The Hall–Kier alpha value is -0.860. The molecule has 0 saturated carbocycles. The minimum absolute atomic E-state index is 0.0905. The summed E-state index contributed by atoms with van der Waals surface area (Å²) in [5, 5.41) is 0. The van der Waals surface area contributed by atoms with Gasteiger partial charge in [-0.25, -0.2) is 0 Å². The molecule has 0 amide bonds. The van der Waals surface area contributed by atoms with Crippen molar-refractivity contribution in [1.82, 2.24) is 0 Å². The summed E-state index contributed by atoms with van der Waals surface area (Å²) in [6, 6.07) is 9.26. The Balaban J connectivity index is 2.18. The summed E-state index contributed by atoms with van der Waals surface area (Å²) < 4.78 is -0.638. The molecule has 0 unspecified atom stereocenters. The van der Waals surface area contributed by atoms with E-state index in [2.05, 4.69) is 15.9 Å². The number of ketones is 1. The number of Topliss-reactive ketones (excluding diaryl/α,β-unsaturated/α-hetero) is 1. The Morgan fingerprint density at radius 2 is 1.75 bits per heavy atom. The number of allylic oxidation sites excluding steroid dienone is 4. The van der Waals surface area contributed by atoms with Crippen molar-refractivity contribution < 1.29 is 4.79 Å². The lowest BCUT2D eigenvalue weighted by atomic mass is 9.94. The number of carbonyl (C=O) groups is 1. The largest absolute Gasteiger partial charge is 0.293 e. The Bertz CT molecular complexity index is 432. The van der Waals surface area contributed by atoms with E-state index in [-0.39, 0.29) is 11.7 Å². The monoisotopic (exact) mass is 296 g/mol. The zero-order valence-electron chi connectivity index (χ0n) is 8.44. The molecule has 0 aliphatic heterocycles. The Morgan fingerprint density at radius 1 is 1.19 bits per heavy atom. The smallest absolute Gasteiger partial charge is 0.173 e. The van der Waals surface area contributed by atoms with Gasteiger partial charge in [0.2, 0.25) is 0 Å². The fourth-order valence-electron chi connectivity index (χ4n) is 1.55. The summed E-state index contributed by atoms with van der Waals surface area (Å²) in [7, 11) is 0. The zero-order valence-corrected chi connectivity index (χ0v) is 10.8. The van der Waals surface area contributed by atoms with Crippen LogP contribution < -0.4 is 0 Å². The van der Waals surface area contributed by atoms with Crippen LogP contribution in [0.5, 0.6) is 0 Å². The van der Waals surface area contributed by atoms with Crippen molar-refractivity contribution in [3.05, 3.63) is 60.2 Å². The number of halogens is 2. The van der Waals surface area contributed by atoms with Crippen LogP contribution in [0.1, 0.15) is 10.4 Å². The Labute approximate surface area is 108 Å². The average Bonchev–Trinajstić information content (AvgIpc) is 2.29. The third-order valence-electron chi connectivity index (χ3n) is 2.41. The van der Waals surface area contributed by atoms with Gasteiger partial charge in [0.25, 0.3) is 0 Å². The van der Waals surface area contributed by atoms with Gasteiger partial charge >= 0.3 is 0 Å². The first-order valence-electron chi connectivity index (χ1n) is 4.94. The van der Waals surface area contributed by atoms with Crippen LogP contribution in [0.3, 0.4) is 0 Å². The van der Waals surface area contributed by atoms with Crippen molar-refractivity contribution in [3.8, 4) is 0 Å². The molecule has 16 heavy (non-hydrogen) atoms. The van der Waals surface area contributed by atoms with Gasteiger partial charge in [-0.05, 0) is 0 Å². The summed E-state index contributed by atoms with van der Waals surface area (Å²) in [4.78, 5) is 12.0. The molecule has 1 nitrogen and oxygen atoms in total. The molecule has 0 fully saturated rings. The minimum Gasteiger partial charge on any atom is -0.293 e. The van der Waals surface area contributed by atoms with Crippen molar-refractivity contribution in [2.75, 3.05) is 0 Å². The van der Waals surface area contributed by atoms with E-state index in [4.69, 9.17) is 11.6 Å². The van der Waals surface area contributed by atoms with E-state index < -0.39 is 3.78 Å². The average molecular weight is 298 g/mol. The van der Waals surface area contributed by atoms with E-state index in [1.54, 1.807) is 12.2 Å². The summed E-state index contributed by atoms with van der Waals surface area (Å²) in [6.07, 6.45) is 7.19. The molecule has 1 aromatic carbocycles. The molecular weight excluding hydrogens is 287 g/mol. The lowest BCUT2D eigenvalue weighted by Gasteiger charge is -2.17. The maximum Gasteiger partial charge on any atom is 0.173 e. The molecule has 1 aliphatic rings. The van der Waals surface area contributed by atoms with E-state index >= 15 is 0 Å². The second kappa shape index (κ2) is 4.56. The molecule has 0 aromatic heterocycles. The minimum atomic E-state index is -0.638. The highest BCUT2D eigenvalue weighted by atomic mass is 79.9. The predicted octanol–water partition coefficient (Wildman–Crippen LogP) is 3.94. The highest BCUT2D eigenvalue weighted by Crippen LogP contribution is 2.32. The van der Waals surface area contributed by atoms with Crippen LogP contribution in [0.15, 0.2) is 54.6 Å². The number of carbonyl (C=O) groups excluding carboxylic acids is 1. The number of alkyl halides is 2. The number of benzene rings is 1.